The van der Waals surface area contributed by atoms with E-state index < -0.39 is 18.2 Å². The molecule has 1 amide bonds. The van der Waals surface area contributed by atoms with Crippen LogP contribution < -0.4 is 5.32 Å². The molecule has 0 aliphatic carbocycles. The van der Waals surface area contributed by atoms with Crippen molar-refractivity contribution in [1.82, 2.24) is 5.32 Å². The van der Waals surface area contributed by atoms with Gasteiger partial charge in [0.1, 0.15) is 6.10 Å². The third-order valence-corrected chi connectivity index (χ3v) is 13.2. The predicted octanol–water partition coefficient (Wildman–Crippen LogP) is 17.6. The average Bonchev–Trinajstić information content (AvgIpc) is 3.30. The predicted molar refractivity (Wildman–Crippen MR) is 282 cm³/mol. The Hall–Kier alpha value is -1.92. The van der Waals surface area contributed by atoms with Gasteiger partial charge in [0.15, 0.2) is 0 Å². The minimum Gasteiger partial charge on any atom is -0.462 e. The molecule has 6 heteroatoms. The number of aliphatic hydroxyl groups is 2. The van der Waals surface area contributed by atoms with Crippen LogP contribution in [0.2, 0.25) is 0 Å². The van der Waals surface area contributed by atoms with Crippen molar-refractivity contribution in [2.45, 2.75) is 322 Å². The van der Waals surface area contributed by atoms with Crippen molar-refractivity contribution < 1.29 is 24.5 Å². The largest absolute Gasteiger partial charge is 0.462 e. The van der Waals surface area contributed by atoms with E-state index in [1.54, 1.807) is 0 Å². The molecule has 382 valence electrons. The molecule has 3 N–H and O–H groups in total. The fraction of sp³-hybridized carbons (Fsp3) is 0.864. The van der Waals surface area contributed by atoms with E-state index in [0.29, 0.717) is 19.3 Å². The van der Waals surface area contributed by atoms with Crippen LogP contribution in [0, 0.1) is 0 Å². The van der Waals surface area contributed by atoms with Gasteiger partial charge in [0.25, 0.3) is 0 Å². The number of nitrogens with one attached hydrogen (secondary N) is 1. The van der Waals surface area contributed by atoms with Crippen molar-refractivity contribution in [1.29, 1.82) is 0 Å². The third kappa shape index (κ3) is 48.3. The molecule has 6 nitrogen and oxygen atoms in total. The van der Waals surface area contributed by atoms with Crippen LogP contribution in [0.25, 0.3) is 0 Å². The molecule has 0 fully saturated rings. The lowest BCUT2D eigenvalue weighted by Crippen LogP contribution is -2.46. The smallest absolute Gasteiger partial charge is 0.306 e. The number of esters is 1. The van der Waals surface area contributed by atoms with E-state index in [0.717, 1.165) is 77.0 Å². The van der Waals surface area contributed by atoms with Crippen molar-refractivity contribution in [2.24, 2.45) is 0 Å². The highest BCUT2D eigenvalue weighted by atomic mass is 16.5. The van der Waals surface area contributed by atoms with Crippen molar-refractivity contribution in [3.63, 3.8) is 0 Å². The summed E-state index contributed by atoms with van der Waals surface area (Å²) in [6.45, 7) is 6.49. The molecular formula is C59H111NO5. The van der Waals surface area contributed by atoms with Crippen molar-refractivity contribution in [3.05, 3.63) is 36.5 Å². The van der Waals surface area contributed by atoms with Crippen molar-refractivity contribution in [2.75, 3.05) is 6.61 Å². The first kappa shape index (κ1) is 63.1. The molecule has 0 aromatic rings. The summed E-state index contributed by atoms with van der Waals surface area (Å²) in [7, 11) is 0. The molecule has 0 radical (unpaired) electrons. The van der Waals surface area contributed by atoms with E-state index in [1.165, 1.54) is 180 Å². The summed E-state index contributed by atoms with van der Waals surface area (Å²) in [6.07, 6.45) is 63.5. The normalized spacial score (nSPS) is 13.4. The SMILES string of the molecule is CCCCCCCC/C=C\CCCCCC(=O)OC(CCCCC/C=C/C=C/CCCCCCCCC)CC(=O)NC(CO)C(O)CCCCCCCCCCCCCCCCCCC. The van der Waals surface area contributed by atoms with Crippen LogP contribution in [0.5, 0.6) is 0 Å². The second-order valence-corrected chi connectivity index (χ2v) is 19.7. The van der Waals surface area contributed by atoms with E-state index in [9.17, 15) is 19.8 Å². The van der Waals surface area contributed by atoms with Gasteiger partial charge in [-0.3, -0.25) is 9.59 Å². The number of amides is 1. The first-order valence-corrected chi connectivity index (χ1v) is 28.7. The summed E-state index contributed by atoms with van der Waals surface area (Å²) in [5, 5.41) is 23.9. The zero-order chi connectivity index (χ0) is 47.4. The second-order valence-electron chi connectivity index (χ2n) is 19.7. The Bertz CT molecular complexity index is 1070. The molecule has 0 heterocycles. The number of allylic oxidation sites excluding steroid dienone is 6. The third-order valence-electron chi connectivity index (χ3n) is 13.2. The molecule has 0 aliphatic rings. The Morgan fingerprint density at radius 3 is 1.20 bits per heavy atom. The van der Waals surface area contributed by atoms with Crippen LogP contribution >= 0.6 is 0 Å². The molecule has 0 spiro atoms. The molecule has 0 aromatic carbocycles. The van der Waals surface area contributed by atoms with Gasteiger partial charge in [-0.15, -0.1) is 0 Å². The summed E-state index contributed by atoms with van der Waals surface area (Å²) in [5.41, 5.74) is 0. The van der Waals surface area contributed by atoms with Gasteiger partial charge >= 0.3 is 5.97 Å². The highest BCUT2D eigenvalue weighted by Crippen LogP contribution is 2.18. The molecule has 0 aliphatic heterocycles. The van der Waals surface area contributed by atoms with E-state index >= 15 is 0 Å². The summed E-state index contributed by atoms with van der Waals surface area (Å²) < 4.78 is 5.93. The fourth-order valence-electron chi connectivity index (χ4n) is 8.83. The molecule has 3 unspecified atom stereocenters. The number of unbranched alkanes of at least 4 members (excludes halogenated alkanes) is 35. The molecule has 0 rings (SSSR count). The van der Waals surface area contributed by atoms with Gasteiger partial charge in [-0.25, -0.2) is 0 Å². The Morgan fingerprint density at radius 1 is 0.446 bits per heavy atom. The quantitative estimate of drug-likeness (QED) is 0.0244. The van der Waals surface area contributed by atoms with Gasteiger partial charge in [0, 0.05) is 6.42 Å². The Labute approximate surface area is 404 Å². The minimum absolute atomic E-state index is 0.0565. The minimum atomic E-state index is -0.796. The van der Waals surface area contributed by atoms with E-state index in [1.807, 2.05) is 0 Å². The van der Waals surface area contributed by atoms with Crippen LogP contribution in [0.1, 0.15) is 303 Å². The maximum Gasteiger partial charge on any atom is 0.306 e. The second kappa shape index (κ2) is 53.0. The van der Waals surface area contributed by atoms with Gasteiger partial charge in [0.2, 0.25) is 5.91 Å². The molecule has 0 saturated heterocycles. The van der Waals surface area contributed by atoms with E-state index in [2.05, 4.69) is 62.5 Å². The van der Waals surface area contributed by atoms with Gasteiger partial charge in [-0.1, -0.05) is 250 Å². The number of carbonyl (C=O) groups is 2. The van der Waals surface area contributed by atoms with Gasteiger partial charge in [0.05, 0.1) is 25.2 Å². The van der Waals surface area contributed by atoms with Crippen LogP contribution in [-0.4, -0.2) is 46.9 Å². The average molecular weight is 915 g/mol. The van der Waals surface area contributed by atoms with Gasteiger partial charge in [-0.2, -0.15) is 0 Å². The first-order valence-electron chi connectivity index (χ1n) is 28.7. The number of aliphatic hydroxyl groups excluding tert-OH is 2. The molecular weight excluding hydrogens is 803 g/mol. The zero-order valence-electron chi connectivity index (χ0n) is 43.6. The first-order chi connectivity index (χ1) is 32.0. The van der Waals surface area contributed by atoms with E-state index in [4.69, 9.17) is 4.74 Å². The number of hydrogen-bond donors (Lipinski definition) is 3. The summed E-state index contributed by atoms with van der Waals surface area (Å²) in [5.74, 6) is -0.507. The lowest BCUT2D eigenvalue weighted by molar-refractivity contribution is -0.151. The Balaban J connectivity index is 4.57. The van der Waals surface area contributed by atoms with Crippen LogP contribution in [0.15, 0.2) is 36.5 Å². The highest BCUT2D eigenvalue weighted by Gasteiger charge is 2.24. The molecule has 0 saturated carbocycles. The van der Waals surface area contributed by atoms with Crippen LogP contribution in [-0.2, 0) is 14.3 Å². The Morgan fingerprint density at radius 2 is 0.785 bits per heavy atom. The Kier molecular flexibility index (Phi) is 51.5. The van der Waals surface area contributed by atoms with E-state index in [-0.39, 0.29) is 24.9 Å². The summed E-state index contributed by atoms with van der Waals surface area (Å²) in [4.78, 5) is 26.2. The van der Waals surface area contributed by atoms with Gasteiger partial charge < -0.3 is 20.3 Å². The number of hydrogen-bond acceptors (Lipinski definition) is 5. The fourth-order valence-corrected chi connectivity index (χ4v) is 8.83. The molecule has 0 aromatic heterocycles. The monoisotopic (exact) mass is 914 g/mol. The molecule has 3 atom stereocenters. The number of carbonyl (C=O) groups excluding carboxylic acids is 2. The van der Waals surface area contributed by atoms with Crippen LogP contribution in [0.3, 0.4) is 0 Å². The lowest BCUT2D eigenvalue weighted by atomic mass is 10.0. The maximum atomic E-state index is 13.3. The highest BCUT2D eigenvalue weighted by molar-refractivity contribution is 5.77. The summed E-state index contributed by atoms with van der Waals surface area (Å²) >= 11 is 0. The summed E-state index contributed by atoms with van der Waals surface area (Å²) in [6, 6.07) is -0.712. The maximum absolute atomic E-state index is 13.3. The molecule has 65 heavy (non-hydrogen) atoms. The van der Waals surface area contributed by atoms with Crippen molar-refractivity contribution >= 4 is 11.9 Å². The standard InChI is InChI=1S/C59H111NO5/c1-4-7-10-13-16-19-22-25-27-29-31-34-36-39-42-45-48-51-57(62)56(54-61)60-58(63)53-55(50-47-44-41-38-35-33-30-28-26-23-20-17-14-11-8-5-2)65-59(64)52-49-46-43-40-37-32-24-21-18-15-12-9-6-3/h28,30,32-33,35,37,55-57,61-62H,4-27,29,31,34,36,38-54H2,1-3H3,(H,60,63)/b30-28+,35-33+,37-32-. The lowest BCUT2D eigenvalue weighted by Gasteiger charge is -2.24. The van der Waals surface area contributed by atoms with Crippen molar-refractivity contribution in [3.8, 4) is 0 Å². The van der Waals surface area contributed by atoms with Gasteiger partial charge in [-0.05, 0) is 77.0 Å². The zero-order valence-corrected chi connectivity index (χ0v) is 43.6. The number of rotatable bonds is 52. The topological polar surface area (TPSA) is 95.9 Å². The number of ether oxygens (including phenoxy) is 1. The molecule has 0 bridgehead atoms. The van der Waals surface area contributed by atoms with Crippen LogP contribution in [0.4, 0.5) is 0 Å².